The second-order valence-corrected chi connectivity index (χ2v) is 4.78. The Morgan fingerprint density at radius 2 is 1.88 bits per heavy atom. The van der Waals surface area contributed by atoms with Gasteiger partial charge in [0, 0.05) is 0 Å². The maximum Gasteiger partial charge on any atom is 0.307 e. The largest absolute Gasteiger partial charge is 0.488 e. The third-order valence-electron chi connectivity index (χ3n) is 1.91. The van der Waals surface area contributed by atoms with Crippen molar-refractivity contribution in [3.05, 3.63) is 35.9 Å². The number of hydrogen-bond donors (Lipinski definition) is 1. The highest BCUT2D eigenvalue weighted by Gasteiger charge is 2.10. The van der Waals surface area contributed by atoms with Crippen molar-refractivity contribution in [1.82, 2.24) is 0 Å². The van der Waals surface area contributed by atoms with Gasteiger partial charge in [0.05, 0.1) is 6.42 Å². The topological polar surface area (TPSA) is 46.5 Å². The Balaban J connectivity index is 2.62. The zero-order valence-electron chi connectivity index (χ0n) is 10.4. The van der Waals surface area contributed by atoms with Crippen molar-refractivity contribution in [3.8, 4) is 5.75 Å². The van der Waals surface area contributed by atoms with Gasteiger partial charge in [-0.15, -0.1) is 0 Å². The minimum absolute atomic E-state index is 0.0419. The summed E-state index contributed by atoms with van der Waals surface area (Å²) in [5.74, 6) is -0.0122. The number of rotatable bonds is 4. The second kappa shape index (κ2) is 5.53. The Kier molecular flexibility index (Phi) is 4.32. The molecule has 17 heavy (non-hydrogen) atoms. The molecule has 0 aromatic heterocycles. The van der Waals surface area contributed by atoms with E-state index in [1.165, 1.54) is 0 Å². The molecule has 0 bridgehead atoms. The maximum absolute atomic E-state index is 10.3. The van der Waals surface area contributed by atoms with Crippen LogP contribution in [0.2, 0.25) is 0 Å². The third kappa shape index (κ3) is 5.76. The molecule has 0 amide bonds. The zero-order valence-corrected chi connectivity index (χ0v) is 10.4. The Morgan fingerprint density at radius 1 is 1.29 bits per heavy atom. The van der Waals surface area contributed by atoms with Gasteiger partial charge in [0.25, 0.3) is 0 Å². The smallest absolute Gasteiger partial charge is 0.307 e. The molecule has 1 N–H and O–H groups in total. The molecule has 3 heteroatoms. The van der Waals surface area contributed by atoms with Crippen LogP contribution in [0.4, 0.5) is 0 Å². The van der Waals surface area contributed by atoms with Gasteiger partial charge < -0.3 is 9.84 Å². The van der Waals surface area contributed by atoms with Crippen molar-refractivity contribution in [1.29, 1.82) is 0 Å². The van der Waals surface area contributed by atoms with Crippen LogP contribution in [0, 0.1) is 0 Å². The first-order chi connectivity index (χ1) is 7.87. The number of carboxylic acids is 1. The van der Waals surface area contributed by atoms with Gasteiger partial charge in [0.2, 0.25) is 0 Å². The molecule has 0 saturated heterocycles. The van der Waals surface area contributed by atoms with Gasteiger partial charge in [-0.05, 0) is 38.5 Å². The summed E-state index contributed by atoms with van der Waals surface area (Å²) in [5, 5.41) is 8.49. The van der Waals surface area contributed by atoms with Gasteiger partial charge in [-0.2, -0.15) is 0 Å². The molecule has 0 aliphatic carbocycles. The van der Waals surface area contributed by atoms with Gasteiger partial charge in [0.1, 0.15) is 11.4 Å². The Morgan fingerprint density at radius 3 is 2.35 bits per heavy atom. The first kappa shape index (κ1) is 13.3. The van der Waals surface area contributed by atoms with Crippen LogP contribution >= 0.6 is 0 Å². The van der Waals surface area contributed by atoms with Crippen LogP contribution in [0.5, 0.6) is 5.75 Å². The quantitative estimate of drug-likeness (QED) is 0.869. The van der Waals surface area contributed by atoms with Crippen LogP contribution in [-0.4, -0.2) is 16.7 Å². The third-order valence-corrected chi connectivity index (χ3v) is 1.91. The van der Waals surface area contributed by atoms with Crippen molar-refractivity contribution in [2.45, 2.75) is 32.8 Å². The lowest BCUT2D eigenvalue weighted by atomic mass is 10.1. The van der Waals surface area contributed by atoms with E-state index in [2.05, 4.69) is 0 Å². The SMILES string of the molecule is CC(C)(C)Oc1ccc(C=CCC(=O)O)cc1. The van der Waals surface area contributed by atoms with E-state index in [0.29, 0.717) is 0 Å². The lowest BCUT2D eigenvalue weighted by Gasteiger charge is -2.21. The fourth-order valence-corrected chi connectivity index (χ4v) is 1.30. The van der Waals surface area contributed by atoms with Crippen molar-refractivity contribution in [2.24, 2.45) is 0 Å². The normalized spacial score (nSPS) is 11.7. The van der Waals surface area contributed by atoms with Gasteiger partial charge in [-0.1, -0.05) is 24.3 Å². The summed E-state index contributed by atoms with van der Waals surface area (Å²) in [5.41, 5.74) is 0.758. The molecule has 3 nitrogen and oxygen atoms in total. The molecular formula is C14H18O3. The minimum Gasteiger partial charge on any atom is -0.488 e. The summed E-state index contributed by atoms with van der Waals surface area (Å²) in [6, 6.07) is 7.57. The monoisotopic (exact) mass is 234 g/mol. The first-order valence-electron chi connectivity index (χ1n) is 5.54. The van der Waals surface area contributed by atoms with Gasteiger partial charge >= 0.3 is 5.97 Å². The molecule has 1 aromatic rings. The van der Waals surface area contributed by atoms with E-state index < -0.39 is 5.97 Å². The molecule has 0 atom stereocenters. The molecule has 0 aliphatic rings. The fraction of sp³-hybridized carbons (Fsp3) is 0.357. The Bertz CT molecular complexity index is 396. The lowest BCUT2D eigenvalue weighted by Crippen LogP contribution is -2.22. The van der Waals surface area contributed by atoms with Crippen molar-refractivity contribution in [3.63, 3.8) is 0 Å². The predicted octanol–water partition coefficient (Wildman–Crippen LogP) is 3.35. The highest BCUT2D eigenvalue weighted by molar-refractivity contribution is 5.70. The number of hydrogen-bond acceptors (Lipinski definition) is 2. The van der Waals surface area contributed by atoms with Crippen molar-refractivity contribution < 1.29 is 14.6 Å². The van der Waals surface area contributed by atoms with E-state index in [1.54, 1.807) is 12.2 Å². The maximum atomic E-state index is 10.3. The molecule has 1 rings (SSSR count). The molecule has 1 aromatic carbocycles. The number of carbonyl (C=O) groups is 1. The van der Waals surface area contributed by atoms with Gasteiger partial charge in [0.15, 0.2) is 0 Å². The van der Waals surface area contributed by atoms with E-state index in [4.69, 9.17) is 9.84 Å². The fourth-order valence-electron chi connectivity index (χ4n) is 1.30. The van der Waals surface area contributed by atoms with Crippen LogP contribution in [0.25, 0.3) is 6.08 Å². The van der Waals surface area contributed by atoms with E-state index in [-0.39, 0.29) is 12.0 Å². The standard InChI is InChI=1S/C14H18O3/c1-14(2,3)17-12-9-7-11(8-10-12)5-4-6-13(15)16/h4-5,7-10H,6H2,1-3H3,(H,15,16). The lowest BCUT2D eigenvalue weighted by molar-refractivity contribution is -0.135. The van der Waals surface area contributed by atoms with Gasteiger partial charge in [-0.25, -0.2) is 0 Å². The summed E-state index contributed by atoms with van der Waals surface area (Å²) < 4.78 is 5.68. The second-order valence-electron chi connectivity index (χ2n) is 4.78. The summed E-state index contributed by atoms with van der Waals surface area (Å²) in [4.78, 5) is 10.3. The molecule has 0 heterocycles. The van der Waals surface area contributed by atoms with Crippen LogP contribution in [0.3, 0.4) is 0 Å². The molecule has 92 valence electrons. The van der Waals surface area contributed by atoms with Crippen LogP contribution in [-0.2, 0) is 4.79 Å². The zero-order chi connectivity index (χ0) is 12.9. The summed E-state index contributed by atoms with van der Waals surface area (Å²) in [6.45, 7) is 5.98. The molecule has 0 saturated carbocycles. The summed E-state index contributed by atoms with van der Waals surface area (Å²) in [6.07, 6.45) is 3.46. The summed E-state index contributed by atoms with van der Waals surface area (Å²) >= 11 is 0. The molecule has 0 unspecified atom stereocenters. The highest BCUT2D eigenvalue weighted by Crippen LogP contribution is 2.18. The molecule has 0 fully saturated rings. The van der Waals surface area contributed by atoms with Crippen LogP contribution < -0.4 is 4.74 Å². The van der Waals surface area contributed by atoms with Crippen LogP contribution in [0.1, 0.15) is 32.8 Å². The number of benzene rings is 1. The molecular weight excluding hydrogens is 216 g/mol. The number of ether oxygens (including phenoxy) is 1. The molecule has 0 radical (unpaired) electrons. The first-order valence-corrected chi connectivity index (χ1v) is 5.54. The van der Waals surface area contributed by atoms with Crippen LogP contribution in [0.15, 0.2) is 30.3 Å². The van der Waals surface area contributed by atoms with E-state index in [1.807, 2.05) is 45.0 Å². The van der Waals surface area contributed by atoms with E-state index >= 15 is 0 Å². The average Bonchev–Trinajstić information content (AvgIpc) is 2.18. The number of carboxylic acid groups (broad SMARTS) is 1. The highest BCUT2D eigenvalue weighted by atomic mass is 16.5. The Labute approximate surface area is 102 Å². The molecule has 0 aliphatic heterocycles. The van der Waals surface area contributed by atoms with Crippen molar-refractivity contribution in [2.75, 3.05) is 0 Å². The average molecular weight is 234 g/mol. The Hall–Kier alpha value is -1.77. The van der Waals surface area contributed by atoms with Crippen molar-refractivity contribution >= 4 is 12.0 Å². The van der Waals surface area contributed by atoms with E-state index in [9.17, 15) is 4.79 Å². The van der Waals surface area contributed by atoms with Gasteiger partial charge in [-0.3, -0.25) is 4.79 Å². The minimum atomic E-state index is -0.825. The van der Waals surface area contributed by atoms with E-state index in [0.717, 1.165) is 11.3 Å². The predicted molar refractivity (Wildman–Crippen MR) is 68.1 cm³/mol. The number of aliphatic carboxylic acids is 1. The molecule has 0 spiro atoms. The summed E-state index contributed by atoms with van der Waals surface area (Å²) in [7, 11) is 0.